The normalized spacial score (nSPS) is 10.5. The van der Waals surface area contributed by atoms with E-state index in [0.29, 0.717) is 16.8 Å². The fraction of sp³-hybridized carbons (Fsp3) is 0.0625. The lowest BCUT2D eigenvalue weighted by atomic mass is 10.1. The molecule has 2 heterocycles. The maximum Gasteiger partial charge on any atom is 0.340 e. The molecular formula is C16H12N2O3. The van der Waals surface area contributed by atoms with Crippen molar-refractivity contribution >= 4 is 16.9 Å². The summed E-state index contributed by atoms with van der Waals surface area (Å²) in [6.45, 7) is 1.91. The van der Waals surface area contributed by atoms with Crippen molar-refractivity contribution in [3.8, 4) is 11.6 Å². The molecular weight excluding hydrogens is 268 g/mol. The highest BCUT2D eigenvalue weighted by molar-refractivity contribution is 6.04. The van der Waals surface area contributed by atoms with Crippen LogP contribution >= 0.6 is 0 Å². The highest BCUT2D eigenvalue weighted by Gasteiger charge is 2.17. The van der Waals surface area contributed by atoms with Gasteiger partial charge in [0.2, 0.25) is 5.88 Å². The third-order valence-corrected chi connectivity index (χ3v) is 3.06. The zero-order chi connectivity index (χ0) is 14.8. The molecule has 0 atom stereocenters. The second-order valence-corrected chi connectivity index (χ2v) is 4.59. The molecule has 0 spiro atoms. The number of carboxylic acid groups (broad SMARTS) is 1. The molecule has 5 heteroatoms. The largest absolute Gasteiger partial charge is 0.478 e. The number of para-hydroxylation sites is 1. The number of aromatic carboxylic acids is 1. The summed E-state index contributed by atoms with van der Waals surface area (Å²) in [6, 6.07) is 10.6. The van der Waals surface area contributed by atoms with E-state index in [1.165, 1.54) is 6.20 Å². The van der Waals surface area contributed by atoms with E-state index in [4.69, 9.17) is 4.74 Å². The highest BCUT2D eigenvalue weighted by Crippen LogP contribution is 2.29. The van der Waals surface area contributed by atoms with Crippen LogP contribution in [0.3, 0.4) is 0 Å². The minimum atomic E-state index is -1.06. The van der Waals surface area contributed by atoms with E-state index in [1.54, 1.807) is 30.5 Å². The molecule has 5 nitrogen and oxygen atoms in total. The molecule has 0 bridgehead atoms. The van der Waals surface area contributed by atoms with Gasteiger partial charge in [-0.3, -0.25) is 4.98 Å². The Hall–Kier alpha value is -2.95. The molecule has 1 aromatic carbocycles. The molecule has 3 aromatic rings. The molecule has 0 fully saturated rings. The summed E-state index contributed by atoms with van der Waals surface area (Å²) in [5.41, 5.74) is 1.67. The standard InChI is InChI=1S/C16H12N2O3/c1-10-6-7-17-14(8-10)21-13-9-18-12-5-3-2-4-11(12)15(13)16(19)20/h2-9H,1H3,(H,19,20). The van der Waals surface area contributed by atoms with Crippen molar-refractivity contribution in [2.45, 2.75) is 6.92 Å². The van der Waals surface area contributed by atoms with Gasteiger partial charge >= 0.3 is 5.97 Å². The number of fused-ring (bicyclic) bond motifs is 1. The molecule has 0 aliphatic rings. The summed E-state index contributed by atoms with van der Waals surface area (Å²) < 4.78 is 5.61. The third kappa shape index (κ3) is 2.53. The number of hydrogen-bond acceptors (Lipinski definition) is 4. The van der Waals surface area contributed by atoms with E-state index >= 15 is 0 Å². The van der Waals surface area contributed by atoms with Crippen LogP contribution in [0.15, 0.2) is 48.8 Å². The van der Waals surface area contributed by atoms with Gasteiger partial charge < -0.3 is 9.84 Å². The maximum atomic E-state index is 11.6. The zero-order valence-electron chi connectivity index (χ0n) is 11.3. The molecule has 21 heavy (non-hydrogen) atoms. The average Bonchev–Trinajstić information content (AvgIpc) is 2.46. The van der Waals surface area contributed by atoms with Gasteiger partial charge in [0.1, 0.15) is 5.56 Å². The maximum absolute atomic E-state index is 11.6. The molecule has 104 valence electrons. The number of nitrogens with zero attached hydrogens (tertiary/aromatic N) is 2. The molecule has 2 aromatic heterocycles. The Morgan fingerprint density at radius 2 is 2.00 bits per heavy atom. The van der Waals surface area contributed by atoms with Crippen LogP contribution in [0.2, 0.25) is 0 Å². The Morgan fingerprint density at radius 1 is 1.19 bits per heavy atom. The lowest BCUT2D eigenvalue weighted by Gasteiger charge is -2.10. The van der Waals surface area contributed by atoms with Gasteiger partial charge in [0.15, 0.2) is 5.75 Å². The zero-order valence-corrected chi connectivity index (χ0v) is 11.3. The molecule has 3 rings (SSSR count). The van der Waals surface area contributed by atoms with E-state index in [1.807, 2.05) is 19.1 Å². The molecule has 0 saturated heterocycles. The van der Waals surface area contributed by atoms with E-state index in [0.717, 1.165) is 5.56 Å². The van der Waals surface area contributed by atoms with Gasteiger partial charge in [-0.1, -0.05) is 18.2 Å². The molecule has 0 aliphatic carbocycles. The Bertz CT molecular complexity index is 831. The number of carbonyl (C=O) groups is 1. The fourth-order valence-electron chi connectivity index (χ4n) is 2.10. The first kappa shape index (κ1) is 13.1. The summed E-state index contributed by atoms with van der Waals surface area (Å²) in [5.74, 6) is -0.537. The number of benzene rings is 1. The number of aromatic nitrogens is 2. The van der Waals surface area contributed by atoms with Crippen LogP contribution in [0.25, 0.3) is 10.9 Å². The molecule has 0 radical (unpaired) electrons. The monoisotopic (exact) mass is 280 g/mol. The lowest BCUT2D eigenvalue weighted by molar-refractivity contribution is 0.0696. The third-order valence-electron chi connectivity index (χ3n) is 3.06. The number of aryl methyl sites for hydroxylation is 1. The van der Waals surface area contributed by atoms with Crippen LogP contribution in [0.1, 0.15) is 15.9 Å². The van der Waals surface area contributed by atoms with Crippen LogP contribution in [-0.2, 0) is 0 Å². The SMILES string of the molecule is Cc1ccnc(Oc2cnc3ccccc3c2C(=O)O)c1. The summed E-state index contributed by atoms with van der Waals surface area (Å²) in [7, 11) is 0. The first-order valence-corrected chi connectivity index (χ1v) is 6.36. The van der Waals surface area contributed by atoms with Gasteiger partial charge in [-0.25, -0.2) is 9.78 Å². The summed E-state index contributed by atoms with van der Waals surface area (Å²) in [6.07, 6.45) is 3.02. The lowest BCUT2D eigenvalue weighted by Crippen LogP contribution is -2.03. The van der Waals surface area contributed by atoms with Gasteiger partial charge in [-0.15, -0.1) is 0 Å². The van der Waals surface area contributed by atoms with Gasteiger partial charge in [-0.05, 0) is 24.6 Å². The van der Waals surface area contributed by atoms with Crippen LogP contribution in [0, 0.1) is 6.92 Å². The van der Waals surface area contributed by atoms with Crippen LogP contribution < -0.4 is 4.74 Å². The first-order valence-electron chi connectivity index (χ1n) is 6.36. The van der Waals surface area contributed by atoms with Gasteiger partial charge in [0, 0.05) is 17.6 Å². The minimum absolute atomic E-state index is 0.0870. The summed E-state index contributed by atoms with van der Waals surface area (Å²) >= 11 is 0. The Labute approximate surface area is 120 Å². The topological polar surface area (TPSA) is 72.3 Å². The molecule has 0 amide bonds. The van der Waals surface area contributed by atoms with E-state index in [9.17, 15) is 9.90 Å². The predicted molar refractivity (Wildman–Crippen MR) is 77.8 cm³/mol. The fourth-order valence-corrected chi connectivity index (χ4v) is 2.10. The smallest absolute Gasteiger partial charge is 0.340 e. The molecule has 0 saturated carbocycles. The number of rotatable bonds is 3. The van der Waals surface area contributed by atoms with Crippen molar-refractivity contribution in [1.29, 1.82) is 0 Å². The second kappa shape index (κ2) is 5.20. The first-order chi connectivity index (χ1) is 10.1. The number of carboxylic acids is 1. The van der Waals surface area contributed by atoms with Gasteiger partial charge in [0.25, 0.3) is 0 Å². The van der Waals surface area contributed by atoms with Crippen molar-refractivity contribution in [3.05, 3.63) is 59.9 Å². The number of ether oxygens (including phenoxy) is 1. The summed E-state index contributed by atoms with van der Waals surface area (Å²) in [5, 5.41) is 10.0. The van der Waals surface area contributed by atoms with Crippen molar-refractivity contribution in [1.82, 2.24) is 9.97 Å². The molecule has 0 unspecified atom stereocenters. The van der Waals surface area contributed by atoms with Crippen LogP contribution in [-0.4, -0.2) is 21.0 Å². The Morgan fingerprint density at radius 3 is 2.76 bits per heavy atom. The highest BCUT2D eigenvalue weighted by atomic mass is 16.5. The predicted octanol–water partition coefficient (Wildman–Crippen LogP) is 3.43. The van der Waals surface area contributed by atoms with E-state index < -0.39 is 5.97 Å². The van der Waals surface area contributed by atoms with Gasteiger partial charge in [0.05, 0.1) is 11.7 Å². The summed E-state index contributed by atoms with van der Waals surface area (Å²) in [4.78, 5) is 19.9. The van der Waals surface area contributed by atoms with Crippen molar-refractivity contribution in [2.24, 2.45) is 0 Å². The number of pyridine rings is 2. The molecule has 0 aliphatic heterocycles. The molecule has 1 N–H and O–H groups in total. The number of hydrogen-bond donors (Lipinski definition) is 1. The van der Waals surface area contributed by atoms with Crippen LogP contribution in [0.5, 0.6) is 11.6 Å². The van der Waals surface area contributed by atoms with E-state index in [2.05, 4.69) is 9.97 Å². The van der Waals surface area contributed by atoms with Crippen molar-refractivity contribution in [3.63, 3.8) is 0 Å². The van der Waals surface area contributed by atoms with E-state index in [-0.39, 0.29) is 11.3 Å². The van der Waals surface area contributed by atoms with Gasteiger partial charge in [-0.2, -0.15) is 0 Å². The Balaban J connectivity index is 2.14. The van der Waals surface area contributed by atoms with Crippen molar-refractivity contribution < 1.29 is 14.6 Å². The average molecular weight is 280 g/mol. The second-order valence-electron chi connectivity index (χ2n) is 4.59. The minimum Gasteiger partial charge on any atom is -0.478 e. The van der Waals surface area contributed by atoms with Crippen LogP contribution in [0.4, 0.5) is 0 Å². The Kier molecular flexibility index (Phi) is 3.23. The quantitative estimate of drug-likeness (QED) is 0.795. The van der Waals surface area contributed by atoms with Crippen molar-refractivity contribution in [2.75, 3.05) is 0 Å².